The predicted molar refractivity (Wildman–Crippen MR) is 69.4 cm³/mol. The van der Waals surface area contributed by atoms with Crippen LogP contribution < -0.4 is 0 Å². The molecule has 2 rings (SSSR count). The minimum atomic E-state index is 0.173. The van der Waals surface area contributed by atoms with Crippen molar-refractivity contribution in [1.82, 2.24) is 0 Å². The lowest BCUT2D eigenvalue weighted by Gasteiger charge is -2.22. The van der Waals surface area contributed by atoms with Gasteiger partial charge in [-0.2, -0.15) is 0 Å². The van der Waals surface area contributed by atoms with Crippen LogP contribution in [0.2, 0.25) is 0 Å². The van der Waals surface area contributed by atoms with Crippen LogP contribution in [-0.2, 0) is 5.41 Å². The lowest BCUT2D eigenvalue weighted by atomic mass is 9.82. The third-order valence-corrected chi connectivity index (χ3v) is 2.75. The van der Waals surface area contributed by atoms with Gasteiger partial charge >= 0.3 is 0 Å². The highest BCUT2D eigenvalue weighted by molar-refractivity contribution is 5.68. The Bertz CT molecular complexity index is 461. The van der Waals surface area contributed by atoms with Crippen LogP contribution >= 0.6 is 0 Å². The monoisotopic (exact) mass is 209 g/mol. The molecule has 0 heterocycles. The van der Waals surface area contributed by atoms with Crippen molar-refractivity contribution < 1.29 is 0 Å². The zero-order valence-corrected chi connectivity index (χ0v) is 10.1. The molecule has 0 aliphatic carbocycles. The lowest BCUT2D eigenvalue weighted by molar-refractivity contribution is 0.592. The second-order valence-corrected chi connectivity index (χ2v) is 5.09. The summed E-state index contributed by atoms with van der Waals surface area (Å²) in [5, 5.41) is 0. The average molecular weight is 209 g/mol. The lowest BCUT2D eigenvalue weighted by Crippen LogP contribution is -2.12. The number of hydrogen-bond acceptors (Lipinski definition) is 0. The Hall–Kier alpha value is -1.56. The first kappa shape index (κ1) is 10.9. The van der Waals surface area contributed by atoms with Crippen molar-refractivity contribution in [3.05, 3.63) is 60.2 Å². The van der Waals surface area contributed by atoms with Gasteiger partial charge in [-0.15, -0.1) is 0 Å². The molecule has 81 valence electrons. The molecule has 0 bridgehead atoms. The van der Waals surface area contributed by atoms with Gasteiger partial charge in [0, 0.05) is 0 Å². The van der Waals surface area contributed by atoms with Crippen LogP contribution in [-0.4, -0.2) is 0 Å². The summed E-state index contributed by atoms with van der Waals surface area (Å²) in [7, 11) is 0. The summed E-state index contributed by atoms with van der Waals surface area (Å²) in [6, 6.07) is 19.9. The molecule has 0 N–H and O–H groups in total. The van der Waals surface area contributed by atoms with Gasteiger partial charge in [-0.25, -0.2) is 0 Å². The molecule has 0 aliphatic rings. The Balaban J connectivity index is 2.58. The van der Waals surface area contributed by atoms with E-state index in [0.29, 0.717) is 0 Å². The normalized spacial score (nSPS) is 11.4. The minimum Gasteiger partial charge on any atom is -0.0619 e. The molecule has 2 aromatic carbocycles. The first-order valence-corrected chi connectivity index (χ1v) is 5.65. The summed E-state index contributed by atoms with van der Waals surface area (Å²) in [6.07, 6.45) is 0. The number of rotatable bonds is 1. The van der Waals surface area contributed by atoms with Crippen LogP contribution in [0.1, 0.15) is 26.3 Å². The zero-order valence-electron chi connectivity index (χ0n) is 10.1. The van der Waals surface area contributed by atoms with Gasteiger partial charge in [0.2, 0.25) is 0 Å². The van der Waals surface area contributed by atoms with Crippen LogP contribution in [0.25, 0.3) is 11.1 Å². The molecule has 0 saturated heterocycles. The van der Waals surface area contributed by atoms with E-state index in [4.69, 9.17) is 0 Å². The molecule has 0 spiro atoms. The molecular weight excluding hydrogens is 192 g/mol. The zero-order chi connectivity index (χ0) is 11.6. The summed E-state index contributed by atoms with van der Waals surface area (Å²) in [4.78, 5) is 0. The van der Waals surface area contributed by atoms with E-state index in [1.807, 2.05) is 18.2 Å². The fraction of sp³-hybridized carbons (Fsp3) is 0.250. The molecule has 1 radical (unpaired) electrons. The molecule has 0 aromatic heterocycles. The largest absolute Gasteiger partial charge is 0.0619 e. The molecule has 2 aromatic rings. The van der Waals surface area contributed by atoms with E-state index in [-0.39, 0.29) is 5.41 Å². The molecule has 0 atom stereocenters. The van der Waals surface area contributed by atoms with Gasteiger partial charge in [-0.05, 0) is 34.2 Å². The van der Waals surface area contributed by atoms with Gasteiger partial charge < -0.3 is 0 Å². The third-order valence-electron chi connectivity index (χ3n) is 2.75. The van der Waals surface area contributed by atoms with Crippen molar-refractivity contribution in [3.63, 3.8) is 0 Å². The highest BCUT2D eigenvalue weighted by atomic mass is 14.2. The van der Waals surface area contributed by atoms with Gasteiger partial charge in [-0.1, -0.05) is 63.2 Å². The van der Waals surface area contributed by atoms with E-state index in [2.05, 4.69) is 57.2 Å². The van der Waals surface area contributed by atoms with Crippen molar-refractivity contribution >= 4 is 0 Å². The van der Waals surface area contributed by atoms with E-state index < -0.39 is 0 Å². The summed E-state index contributed by atoms with van der Waals surface area (Å²) < 4.78 is 0. The standard InChI is InChI=1S/C16H17/c1-16(2,3)15-12-8-7-11-14(15)13-9-5-4-6-10-13/h4-5,7-12H,1-3H3. The first-order valence-electron chi connectivity index (χ1n) is 5.65. The molecule has 0 amide bonds. The van der Waals surface area contributed by atoms with Gasteiger partial charge in [0.25, 0.3) is 0 Å². The molecule has 0 unspecified atom stereocenters. The molecule has 16 heavy (non-hydrogen) atoms. The summed E-state index contributed by atoms with van der Waals surface area (Å²) >= 11 is 0. The quantitative estimate of drug-likeness (QED) is 0.651. The second kappa shape index (κ2) is 4.13. The molecule has 0 saturated carbocycles. The Morgan fingerprint density at radius 3 is 2.31 bits per heavy atom. The SMILES string of the molecule is CC(C)(C)c1ccccc1-c1c[c]ccc1. The second-order valence-electron chi connectivity index (χ2n) is 5.09. The van der Waals surface area contributed by atoms with E-state index in [1.54, 1.807) is 0 Å². The average Bonchev–Trinajstić information content (AvgIpc) is 2.29. The van der Waals surface area contributed by atoms with Crippen LogP contribution in [0.4, 0.5) is 0 Å². The van der Waals surface area contributed by atoms with Crippen molar-refractivity contribution in [2.24, 2.45) is 0 Å². The smallest absolute Gasteiger partial charge is 0.0126 e. The highest BCUT2D eigenvalue weighted by Gasteiger charge is 2.17. The summed E-state index contributed by atoms with van der Waals surface area (Å²) in [5.41, 5.74) is 4.11. The first-order chi connectivity index (χ1) is 7.59. The molecule has 0 heteroatoms. The van der Waals surface area contributed by atoms with Crippen molar-refractivity contribution in [2.45, 2.75) is 26.2 Å². The van der Waals surface area contributed by atoms with Crippen LogP contribution in [0, 0.1) is 6.07 Å². The molecule has 0 aliphatic heterocycles. The molecule has 0 nitrogen and oxygen atoms in total. The van der Waals surface area contributed by atoms with Crippen molar-refractivity contribution in [1.29, 1.82) is 0 Å². The van der Waals surface area contributed by atoms with E-state index in [9.17, 15) is 0 Å². The predicted octanol–water partition coefficient (Wildman–Crippen LogP) is 4.45. The fourth-order valence-corrected chi connectivity index (χ4v) is 1.95. The Kier molecular flexibility index (Phi) is 2.82. The molecule has 0 fully saturated rings. The van der Waals surface area contributed by atoms with Crippen LogP contribution in [0.5, 0.6) is 0 Å². The van der Waals surface area contributed by atoms with Crippen molar-refractivity contribution in [2.75, 3.05) is 0 Å². The molecular formula is C16H17. The van der Waals surface area contributed by atoms with Crippen molar-refractivity contribution in [3.8, 4) is 11.1 Å². The minimum absolute atomic E-state index is 0.173. The topological polar surface area (TPSA) is 0 Å². The van der Waals surface area contributed by atoms with E-state index in [0.717, 1.165) is 0 Å². The Labute approximate surface area is 97.9 Å². The summed E-state index contributed by atoms with van der Waals surface area (Å²) in [5.74, 6) is 0. The van der Waals surface area contributed by atoms with Crippen LogP contribution in [0.3, 0.4) is 0 Å². The van der Waals surface area contributed by atoms with Gasteiger partial charge in [0.1, 0.15) is 0 Å². The number of benzene rings is 2. The fourth-order valence-electron chi connectivity index (χ4n) is 1.95. The van der Waals surface area contributed by atoms with Gasteiger partial charge in [0.05, 0.1) is 0 Å². The summed E-state index contributed by atoms with van der Waals surface area (Å²) in [6.45, 7) is 6.75. The van der Waals surface area contributed by atoms with Gasteiger partial charge in [-0.3, -0.25) is 0 Å². The van der Waals surface area contributed by atoms with E-state index >= 15 is 0 Å². The van der Waals surface area contributed by atoms with Gasteiger partial charge in [0.15, 0.2) is 0 Å². The maximum Gasteiger partial charge on any atom is -0.0126 e. The highest BCUT2D eigenvalue weighted by Crippen LogP contribution is 2.32. The number of hydrogen-bond donors (Lipinski definition) is 0. The Morgan fingerprint density at radius 1 is 0.938 bits per heavy atom. The third kappa shape index (κ3) is 2.16. The Morgan fingerprint density at radius 2 is 1.69 bits per heavy atom. The van der Waals surface area contributed by atoms with E-state index in [1.165, 1.54) is 16.7 Å². The van der Waals surface area contributed by atoms with Crippen LogP contribution in [0.15, 0.2) is 48.5 Å². The maximum absolute atomic E-state index is 3.14. The maximum atomic E-state index is 3.14.